The molecule has 2 N–H and O–H groups in total. The van der Waals surface area contributed by atoms with Gasteiger partial charge >= 0.3 is 6.03 Å². The molecule has 32 heavy (non-hydrogen) atoms. The maximum absolute atomic E-state index is 13.2. The van der Waals surface area contributed by atoms with Crippen LogP contribution in [0, 0.1) is 5.82 Å². The van der Waals surface area contributed by atoms with Crippen molar-refractivity contribution in [1.29, 1.82) is 0 Å². The molecule has 0 aromatic heterocycles. The molecule has 0 fully saturated rings. The van der Waals surface area contributed by atoms with E-state index in [9.17, 15) is 14.0 Å². The van der Waals surface area contributed by atoms with Gasteiger partial charge in [-0.05, 0) is 74.7 Å². The van der Waals surface area contributed by atoms with Crippen LogP contribution in [-0.4, -0.2) is 49.7 Å². The van der Waals surface area contributed by atoms with Crippen LogP contribution in [0.3, 0.4) is 0 Å². The van der Waals surface area contributed by atoms with Crippen molar-refractivity contribution >= 4 is 11.9 Å². The van der Waals surface area contributed by atoms with Crippen LogP contribution in [0.15, 0.2) is 36.4 Å². The number of benzene rings is 2. The first kappa shape index (κ1) is 23.4. The quantitative estimate of drug-likeness (QED) is 0.739. The molecule has 2 aromatic carbocycles. The number of carbonyl (C=O) groups is 2. The Kier molecular flexibility index (Phi) is 6.91. The van der Waals surface area contributed by atoms with Crippen molar-refractivity contribution in [2.75, 3.05) is 27.3 Å². The molecule has 3 amide bonds. The Bertz CT molecular complexity index is 986. The molecule has 2 aromatic rings. The van der Waals surface area contributed by atoms with Gasteiger partial charge in [-0.1, -0.05) is 0 Å². The summed E-state index contributed by atoms with van der Waals surface area (Å²) in [6.07, 6.45) is 0.648. The van der Waals surface area contributed by atoms with E-state index in [-0.39, 0.29) is 18.5 Å². The molecule has 1 atom stereocenters. The third kappa shape index (κ3) is 5.30. The summed E-state index contributed by atoms with van der Waals surface area (Å²) in [5.41, 5.74) is 1.86. The Labute approximate surface area is 187 Å². The topological polar surface area (TPSA) is 79.9 Å². The van der Waals surface area contributed by atoms with Crippen LogP contribution in [0.5, 0.6) is 11.5 Å². The number of fused-ring (bicyclic) bond motifs is 1. The zero-order chi connectivity index (χ0) is 23.5. The maximum Gasteiger partial charge on any atom is 0.318 e. The van der Waals surface area contributed by atoms with Gasteiger partial charge in [-0.25, -0.2) is 9.18 Å². The van der Waals surface area contributed by atoms with Crippen LogP contribution in [0.1, 0.15) is 48.3 Å². The van der Waals surface area contributed by atoms with E-state index >= 15 is 0 Å². The zero-order valence-corrected chi connectivity index (χ0v) is 19.1. The van der Waals surface area contributed by atoms with Crippen LogP contribution >= 0.6 is 0 Å². The van der Waals surface area contributed by atoms with Gasteiger partial charge in [0.25, 0.3) is 5.91 Å². The zero-order valence-electron chi connectivity index (χ0n) is 19.1. The molecule has 0 radical (unpaired) electrons. The molecule has 1 aliphatic rings. The van der Waals surface area contributed by atoms with Gasteiger partial charge in [0, 0.05) is 24.2 Å². The van der Waals surface area contributed by atoms with Crippen molar-refractivity contribution in [2.24, 2.45) is 0 Å². The van der Waals surface area contributed by atoms with Gasteiger partial charge in [-0.3, -0.25) is 4.79 Å². The molecule has 0 bridgehead atoms. The summed E-state index contributed by atoms with van der Waals surface area (Å²) < 4.78 is 24.1. The van der Waals surface area contributed by atoms with Crippen molar-refractivity contribution < 1.29 is 23.5 Å². The fourth-order valence-corrected chi connectivity index (χ4v) is 3.78. The van der Waals surface area contributed by atoms with Crippen LogP contribution in [0.2, 0.25) is 0 Å². The average molecular weight is 444 g/mol. The van der Waals surface area contributed by atoms with Crippen molar-refractivity contribution in [3.8, 4) is 11.5 Å². The van der Waals surface area contributed by atoms with Gasteiger partial charge in [0.2, 0.25) is 0 Å². The van der Waals surface area contributed by atoms with E-state index < -0.39 is 17.4 Å². The minimum atomic E-state index is -0.412. The number of rotatable bonds is 5. The van der Waals surface area contributed by atoms with Gasteiger partial charge in [-0.15, -0.1) is 0 Å². The maximum atomic E-state index is 13.2. The second-order valence-electron chi connectivity index (χ2n) is 8.76. The first-order valence-electron chi connectivity index (χ1n) is 10.5. The fourth-order valence-electron chi connectivity index (χ4n) is 3.78. The molecule has 0 saturated heterocycles. The number of urea groups is 1. The Balaban J connectivity index is 1.91. The van der Waals surface area contributed by atoms with Gasteiger partial charge in [0.05, 0.1) is 20.3 Å². The highest BCUT2D eigenvalue weighted by Crippen LogP contribution is 2.38. The Hall–Kier alpha value is -3.29. The first-order chi connectivity index (χ1) is 15.1. The lowest BCUT2D eigenvalue weighted by Crippen LogP contribution is -2.53. The lowest BCUT2D eigenvalue weighted by atomic mass is 9.91. The van der Waals surface area contributed by atoms with E-state index in [2.05, 4.69) is 10.6 Å². The number of hydrogen-bond acceptors (Lipinski definition) is 4. The summed E-state index contributed by atoms with van der Waals surface area (Å²) in [6, 6.07) is 8.50. The van der Waals surface area contributed by atoms with Crippen molar-refractivity contribution in [3.05, 3.63) is 58.9 Å². The molecule has 8 heteroatoms. The fraction of sp³-hybridized carbons (Fsp3) is 0.417. The average Bonchev–Trinajstić information content (AvgIpc) is 2.75. The largest absolute Gasteiger partial charge is 0.493 e. The van der Waals surface area contributed by atoms with Gasteiger partial charge < -0.3 is 25.0 Å². The summed E-state index contributed by atoms with van der Waals surface area (Å²) in [5, 5.41) is 5.89. The molecular formula is C24H30FN3O4. The van der Waals surface area contributed by atoms with E-state index in [4.69, 9.17) is 9.47 Å². The van der Waals surface area contributed by atoms with Crippen molar-refractivity contribution in [1.82, 2.24) is 15.5 Å². The molecular weight excluding hydrogens is 413 g/mol. The van der Waals surface area contributed by atoms with Crippen LogP contribution in [0.4, 0.5) is 9.18 Å². The van der Waals surface area contributed by atoms with Crippen LogP contribution < -0.4 is 20.1 Å². The van der Waals surface area contributed by atoms with Crippen molar-refractivity contribution in [2.45, 2.75) is 38.8 Å². The Morgan fingerprint density at radius 3 is 2.31 bits per heavy atom. The standard InChI is InChI=1S/C24H30FN3O4/c1-24(2,3)27-23(30)28-11-10-16-12-20(31-4)21(32-5)13-18(16)19(28)14-26-22(29)15-6-8-17(25)9-7-15/h6-9,12-13,19H,10-11,14H2,1-5H3,(H,26,29)(H,27,30). The number of amides is 3. The van der Waals surface area contributed by atoms with E-state index in [1.165, 1.54) is 24.3 Å². The predicted octanol–water partition coefficient (Wildman–Crippen LogP) is 3.68. The number of methoxy groups -OCH3 is 2. The summed E-state index contributed by atoms with van der Waals surface area (Å²) in [5.74, 6) is 0.426. The summed E-state index contributed by atoms with van der Waals surface area (Å²) >= 11 is 0. The van der Waals surface area contributed by atoms with E-state index in [0.717, 1.165) is 11.1 Å². The normalized spacial score (nSPS) is 15.6. The van der Waals surface area contributed by atoms with E-state index in [1.54, 1.807) is 19.1 Å². The van der Waals surface area contributed by atoms with E-state index in [1.807, 2.05) is 32.9 Å². The Morgan fingerprint density at radius 2 is 1.72 bits per heavy atom. The SMILES string of the molecule is COc1cc2c(cc1OC)C(CNC(=O)c1ccc(F)cc1)N(C(=O)NC(C)(C)C)CC2. The predicted molar refractivity (Wildman–Crippen MR) is 120 cm³/mol. The van der Waals surface area contributed by atoms with Crippen LogP contribution in [0.25, 0.3) is 0 Å². The molecule has 0 spiro atoms. The second kappa shape index (κ2) is 9.46. The summed E-state index contributed by atoms with van der Waals surface area (Å²) in [6.45, 7) is 6.43. The minimum Gasteiger partial charge on any atom is -0.493 e. The number of nitrogens with zero attached hydrogens (tertiary/aromatic N) is 1. The summed E-state index contributed by atoms with van der Waals surface area (Å²) in [7, 11) is 3.14. The number of halogens is 1. The summed E-state index contributed by atoms with van der Waals surface area (Å²) in [4.78, 5) is 27.4. The smallest absolute Gasteiger partial charge is 0.318 e. The number of nitrogens with one attached hydrogen (secondary N) is 2. The van der Waals surface area contributed by atoms with Gasteiger partial charge in [0.15, 0.2) is 11.5 Å². The Morgan fingerprint density at radius 1 is 1.09 bits per heavy atom. The third-order valence-corrected chi connectivity index (χ3v) is 5.31. The molecule has 7 nitrogen and oxygen atoms in total. The molecule has 1 heterocycles. The highest BCUT2D eigenvalue weighted by Gasteiger charge is 2.33. The van der Waals surface area contributed by atoms with E-state index in [0.29, 0.717) is 30.0 Å². The molecule has 0 aliphatic carbocycles. The second-order valence-corrected chi connectivity index (χ2v) is 8.76. The highest BCUT2D eigenvalue weighted by molar-refractivity contribution is 5.94. The van der Waals surface area contributed by atoms with Gasteiger partial charge in [-0.2, -0.15) is 0 Å². The first-order valence-corrected chi connectivity index (χ1v) is 10.5. The molecule has 172 valence electrons. The van der Waals surface area contributed by atoms with Crippen LogP contribution in [-0.2, 0) is 6.42 Å². The highest BCUT2D eigenvalue weighted by atomic mass is 19.1. The molecule has 3 rings (SSSR count). The molecule has 1 aliphatic heterocycles. The minimum absolute atomic E-state index is 0.191. The lowest BCUT2D eigenvalue weighted by molar-refractivity contribution is 0.0932. The monoisotopic (exact) mass is 443 g/mol. The lowest BCUT2D eigenvalue weighted by Gasteiger charge is -2.39. The number of carbonyl (C=O) groups excluding carboxylic acids is 2. The molecule has 1 unspecified atom stereocenters. The number of ether oxygens (including phenoxy) is 2. The van der Waals surface area contributed by atoms with Gasteiger partial charge in [0.1, 0.15) is 5.82 Å². The number of hydrogen-bond donors (Lipinski definition) is 2. The third-order valence-electron chi connectivity index (χ3n) is 5.31. The molecule has 0 saturated carbocycles. The van der Waals surface area contributed by atoms with Crippen molar-refractivity contribution in [3.63, 3.8) is 0 Å².